The number of fused-ring (bicyclic) bond motifs is 1. The van der Waals surface area contributed by atoms with Gasteiger partial charge in [-0.2, -0.15) is 0 Å². The van der Waals surface area contributed by atoms with E-state index in [9.17, 15) is 9.59 Å². The van der Waals surface area contributed by atoms with E-state index in [2.05, 4.69) is 10.3 Å². The second-order valence-electron chi connectivity index (χ2n) is 5.26. The number of aromatic amines is 1. The minimum Gasteiger partial charge on any atom is -0.410 e. The number of hydrogen-bond donors (Lipinski definition) is 2. The van der Waals surface area contributed by atoms with Crippen molar-refractivity contribution in [2.24, 2.45) is 0 Å². The average Bonchev–Trinajstić information content (AvgIpc) is 2.55. The van der Waals surface area contributed by atoms with E-state index >= 15 is 0 Å². The highest BCUT2D eigenvalue weighted by Gasteiger charge is 2.05. The number of pyridine rings is 1. The first kappa shape index (κ1) is 14.8. The quantitative estimate of drug-likeness (QED) is 0.781. The number of aryl methyl sites for hydroxylation is 1. The van der Waals surface area contributed by atoms with Gasteiger partial charge in [-0.1, -0.05) is 24.3 Å². The fraction of sp³-hybridized carbons (Fsp3) is 0.111. The molecule has 3 aromatic rings. The first-order chi connectivity index (χ1) is 11.1. The van der Waals surface area contributed by atoms with E-state index in [1.165, 1.54) is 0 Å². The number of carbonyl (C=O) groups excluding carboxylic acids is 1. The van der Waals surface area contributed by atoms with Crippen LogP contribution in [0.3, 0.4) is 0 Å². The first-order valence-corrected chi connectivity index (χ1v) is 7.25. The zero-order valence-electron chi connectivity index (χ0n) is 12.6. The molecule has 0 aliphatic heterocycles. The normalized spacial score (nSPS) is 10.5. The summed E-state index contributed by atoms with van der Waals surface area (Å²) in [6.07, 6.45) is -0.506. The minimum absolute atomic E-state index is 0.0881. The van der Waals surface area contributed by atoms with Crippen LogP contribution in [0.15, 0.2) is 59.4 Å². The Kier molecular flexibility index (Phi) is 4.10. The lowest BCUT2D eigenvalue weighted by Crippen LogP contribution is -2.26. The van der Waals surface area contributed by atoms with Gasteiger partial charge in [-0.3, -0.25) is 4.79 Å². The Morgan fingerprint density at radius 2 is 1.91 bits per heavy atom. The Morgan fingerprint density at radius 3 is 2.70 bits per heavy atom. The molecule has 0 radical (unpaired) electrons. The van der Waals surface area contributed by atoms with Crippen molar-refractivity contribution in [3.05, 3.63) is 76.1 Å². The summed E-state index contributed by atoms with van der Waals surface area (Å²) in [6.45, 7) is 2.11. The number of benzene rings is 2. The molecular weight excluding hydrogens is 292 g/mol. The molecule has 0 saturated heterocycles. The highest BCUT2D eigenvalue weighted by Crippen LogP contribution is 2.14. The third-order valence-electron chi connectivity index (χ3n) is 3.48. The highest BCUT2D eigenvalue weighted by atomic mass is 16.6. The summed E-state index contributed by atoms with van der Waals surface area (Å²) >= 11 is 0. The molecule has 0 aliphatic rings. The van der Waals surface area contributed by atoms with Crippen LogP contribution in [-0.4, -0.2) is 11.1 Å². The van der Waals surface area contributed by atoms with E-state index < -0.39 is 6.09 Å². The van der Waals surface area contributed by atoms with Gasteiger partial charge in [0.05, 0.1) is 0 Å². The van der Waals surface area contributed by atoms with Gasteiger partial charge in [0.1, 0.15) is 5.75 Å². The van der Waals surface area contributed by atoms with Crippen LogP contribution in [0.4, 0.5) is 4.79 Å². The predicted molar refractivity (Wildman–Crippen MR) is 88.6 cm³/mol. The van der Waals surface area contributed by atoms with E-state index in [4.69, 9.17) is 4.74 Å². The number of carbonyl (C=O) groups is 1. The molecule has 2 N–H and O–H groups in total. The van der Waals surface area contributed by atoms with Gasteiger partial charge >= 0.3 is 6.09 Å². The summed E-state index contributed by atoms with van der Waals surface area (Å²) in [5.74, 6) is 0.497. The molecule has 3 rings (SSSR count). The van der Waals surface area contributed by atoms with Crippen LogP contribution >= 0.6 is 0 Å². The minimum atomic E-state index is -0.506. The summed E-state index contributed by atoms with van der Waals surface area (Å²) in [5.41, 5.74) is 2.27. The number of H-pyrrole nitrogens is 1. The lowest BCUT2D eigenvalue weighted by molar-refractivity contribution is 0.200. The fourth-order valence-electron chi connectivity index (χ4n) is 2.28. The second-order valence-corrected chi connectivity index (χ2v) is 5.26. The summed E-state index contributed by atoms with van der Waals surface area (Å²) < 4.78 is 5.16. The lowest BCUT2D eigenvalue weighted by atomic mass is 10.1. The largest absolute Gasteiger partial charge is 0.412 e. The standard InChI is InChI=1S/C18H16N2O3/c1-12-9-14-10-13(7-8-16(14)20-17(12)21)11-19-18(22)23-15-5-3-2-4-6-15/h2-10H,11H2,1H3,(H,19,22)(H,20,21). The smallest absolute Gasteiger partial charge is 0.410 e. The maximum atomic E-state index is 11.8. The monoisotopic (exact) mass is 308 g/mol. The summed E-state index contributed by atoms with van der Waals surface area (Å²) in [5, 5.41) is 3.63. The van der Waals surface area contributed by atoms with Crippen molar-refractivity contribution in [2.45, 2.75) is 13.5 Å². The SMILES string of the molecule is Cc1cc2cc(CNC(=O)Oc3ccccc3)ccc2[nH]c1=O. The van der Waals surface area contributed by atoms with Crippen LogP contribution in [-0.2, 0) is 6.54 Å². The van der Waals surface area contributed by atoms with E-state index in [1.807, 2.05) is 30.3 Å². The number of rotatable bonds is 3. The van der Waals surface area contributed by atoms with Gasteiger partial charge in [0.15, 0.2) is 0 Å². The molecule has 0 atom stereocenters. The summed E-state index contributed by atoms with van der Waals surface area (Å²) in [7, 11) is 0. The second kappa shape index (κ2) is 6.36. The van der Waals surface area contributed by atoms with Crippen molar-refractivity contribution in [3.63, 3.8) is 0 Å². The third-order valence-corrected chi connectivity index (χ3v) is 3.48. The van der Waals surface area contributed by atoms with Crippen molar-refractivity contribution in [3.8, 4) is 5.75 Å². The third kappa shape index (κ3) is 3.58. The Hall–Kier alpha value is -3.08. The summed E-state index contributed by atoms with van der Waals surface area (Å²) in [6, 6.07) is 16.3. The average molecular weight is 308 g/mol. The Bertz CT molecular complexity index is 901. The van der Waals surface area contributed by atoms with Gasteiger partial charge < -0.3 is 15.0 Å². The van der Waals surface area contributed by atoms with Gasteiger partial charge in [0.25, 0.3) is 5.56 Å². The molecular formula is C18H16N2O3. The Labute approximate surface area is 132 Å². The fourth-order valence-corrected chi connectivity index (χ4v) is 2.28. The molecule has 1 aromatic heterocycles. The molecule has 1 amide bonds. The summed E-state index contributed by atoms with van der Waals surface area (Å²) in [4.78, 5) is 26.2. The highest BCUT2D eigenvalue weighted by molar-refractivity contribution is 5.79. The molecule has 2 aromatic carbocycles. The van der Waals surface area contributed by atoms with E-state index in [0.29, 0.717) is 17.9 Å². The van der Waals surface area contributed by atoms with Crippen LogP contribution in [0, 0.1) is 6.92 Å². The molecule has 0 bridgehead atoms. The Morgan fingerprint density at radius 1 is 1.13 bits per heavy atom. The van der Waals surface area contributed by atoms with Gasteiger partial charge in [-0.15, -0.1) is 0 Å². The zero-order valence-corrected chi connectivity index (χ0v) is 12.6. The zero-order chi connectivity index (χ0) is 16.2. The lowest BCUT2D eigenvalue weighted by Gasteiger charge is -2.08. The van der Waals surface area contributed by atoms with Crippen molar-refractivity contribution in [2.75, 3.05) is 0 Å². The molecule has 1 heterocycles. The van der Waals surface area contributed by atoms with Crippen molar-refractivity contribution in [1.82, 2.24) is 10.3 Å². The molecule has 0 spiro atoms. The number of amides is 1. The molecule has 23 heavy (non-hydrogen) atoms. The van der Waals surface area contributed by atoms with Crippen LogP contribution in [0.25, 0.3) is 10.9 Å². The predicted octanol–water partition coefficient (Wildman–Crippen LogP) is 3.13. The van der Waals surface area contributed by atoms with Crippen LogP contribution in [0.2, 0.25) is 0 Å². The molecule has 0 saturated carbocycles. The molecule has 5 nitrogen and oxygen atoms in total. The van der Waals surface area contributed by atoms with Gasteiger partial charge in [0, 0.05) is 17.6 Å². The van der Waals surface area contributed by atoms with Crippen molar-refractivity contribution in [1.29, 1.82) is 0 Å². The van der Waals surface area contributed by atoms with Gasteiger partial charge in [0.2, 0.25) is 0 Å². The molecule has 5 heteroatoms. The van der Waals surface area contributed by atoms with Crippen LogP contribution in [0.5, 0.6) is 5.75 Å². The Balaban J connectivity index is 1.68. The molecule has 0 aliphatic carbocycles. The first-order valence-electron chi connectivity index (χ1n) is 7.25. The number of nitrogens with one attached hydrogen (secondary N) is 2. The number of hydrogen-bond acceptors (Lipinski definition) is 3. The van der Waals surface area contributed by atoms with E-state index in [0.717, 1.165) is 16.5 Å². The van der Waals surface area contributed by atoms with E-state index in [1.54, 1.807) is 31.2 Å². The topological polar surface area (TPSA) is 71.2 Å². The number of aromatic nitrogens is 1. The van der Waals surface area contributed by atoms with Crippen molar-refractivity contribution >= 4 is 17.0 Å². The van der Waals surface area contributed by atoms with Crippen LogP contribution in [0.1, 0.15) is 11.1 Å². The maximum Gasteiger partial charge on any atom is 0.412 e. The maximum absolute atomic E-state index is 11.8. The molecule has 116 valence electrons. The molecule has 0 fully saturated rings. The molecule has 0 unspecified atom stereocenters. The van der Waals surface area contributed by atoms with E-state index in [-0.39, 0.29) is 5.56 Å². The van der Waals surface area contributed by atoms with Gasteiger partial charge in [-0.25, -0.2) is 4.79 Å². The number of ether oxygens (including phenoxy) is 1. The van der Waals surface area contributed by atoms with Crippen LogP contribution < -0.4 is 15.6 Å². The van der Waals surface area contributed by atoms with Crippen molar-refractivity contribution < 1.29 is 9.53 Å². The van der Waals surface area contributed by atoms with Gasteiger partial charge in [-0.05, 0) is 48.2 Å². The number of para-hydroxylation sites is 1.